The Balaban J connectivity index is 2.60. The molecular weight excluding hydrogens is 218 g/mol. The van der Waals surface area contributed by atoms with Crippen molar-refractivity contribution in [2.75, 3.05) is 0 Å². The van der Waals surface area contributed by atoms with Crippen LogP contribution < -0.4 is 4.74 Å². The highest BCUT2D eigenvalue weighted by atomic mass is 16.6. The van der Waals surface area contributed by atoms with Crippen molar-refractivity contribution in [3.05, 3.63) is 33.4 Å². The molecule has 0 aliphatic carbocycles. The minimum atomic E-state index is -0.355. The quantitative estimate of drug-likeness (QED) is 0.554. The van der Waals surface area contributed by atoms with Gasteiger partial charge in [-0.15, -0.1) is 0 Å². The maximum absolute atomic E-state index is 11.1. The van der Waals surface area contributed by atoms with Crippen molar-refractivity contribution in [2.45, 2.75) is 45.6 Å². The van der Waals surface area contributed by atoms with Gasteiger partial charge in [0.15, 0.2) is 0 Å². The Bertz CT molecular complexity index is 474. The van der Waals surface area contributed by atoms with Crippen LogP contribution in [0.5, 0.6) is 5.75 Å². The molecule has 1 aromatic rings. The van der Waals surface area contributed by atoms with Gasteiger partial charge in [-0.05, 0) is 17.9 Å². The van der Waals surface area contributed by atoms with Gasteiger partial charge >= 0.3 is 5.69 Å². The second-order valence-electron chi connectivity index (χ2n) is 5.62. The Morgan fingerprint density at radius 3 is 2.59 bits per heavy atom. The molecule has 1 unspecified atom stereocenters. The molecule has 0 spiro atoms. The van der Waals surface area contributed by atoms with E-state index in [-0.39, 0.29) is 22.1 Å². The van der Waals surface area contributed by atoms with E-state index in [1.165, 1.54) is 0 Å². The van der Waals surface area contributed by atoms with Gasteiger partial charge in [0, 0.05) is 18.1 Å². The maximum atomic E-state index is 11.1. The molecule has 1 atom stereocenters. The van der Waals surface area contributed by atoms with Gasteiger partial charge in [-0.1, -0.05) is 26.8 Å². The van der Waals surface area contributed by atoms with E-state index in [9.17, 15) is 10.1 Å². The van der Waals surface area contributed by atoms with Crippen molar-refractivity contribution in [1.82, 2.24) is 0 Å². The van der Waals surface area contributed by atoms with E-state index in [0.29, 0.717) is 5.75 Å². The van der Waals surface area contributed by atoms with Gasteiger partial charge in [0.2, 0.25) is 5.75 Å². The zero-order chi connectivity index (χ0) is 12.8. The third-order valence-corrected chi connectivity index (χ3v) is 3.04. The summed E-state index contributed by atoms with van der Waals surface area (Å²) in [6.45, 7) is 8.09. The molecule has 4 heteroatoms. The number of rotatable bonds is 1. The van der Waals surface area contributed by atoms with Crippen molar-refractivity contribution < 1.29 is 9.66 Å². The third kappa shape index (κ3) is 2.12. The minimum Gasteiger partial charge on any atom is -0.483 e. The lowest BCUT2D eigenvalue weighted by Gasteiger charge is -2.19. The molecule has 0 fully saturated rings. The van der Waals surface area contributed by atoms with E-state index < -0.39 is 0 Å². The Hall–Kier alpha value is -1.58. The predicted octanol–water partition coefficient (Wildman–Crippen LogP) is 3.22. The Labute approximate surface area is 101 Å². The smallest absolute Gasteiger partial charge is 0.311 e. The highest BCUT2D eigenvalue weighted by molar-refractivity contribution is 5.57. The summed E-state index contributed by atoms with van der Waals surface area (Å²) >= 11 is 0. The predicted molar refractivity (Wildman–Crippen MR) is 65.6 cm³/mol. The van der Waals surface area contributed by atoms with Crippen LogP contribution in [0.15, 0.2) is 12.1 Å². The second-order valence-corrected chi connectivity index (χ2v) is 5.62. The molecular formula is C13H17NO3. The first-order valence-corrected chi connectivity index (χ1v) is 5.77. The second kappa shape index (κ2) is 3.72. The number of hydrogen-bond donors (Lipinski definition) is 0. The highest BCUT2D eigenvalue weighted by Crippen LogP contribution is 2.41. The Kier molecular flexibility index (Phi) is 2.60. The summed E-state index contributed by atoms with van der Waals surface area (Å²) < 4.78 is 5.53. The molecule has 0 radical (unpaired) electrons. The fraction of sp³-hybridized carbons (Fsp3) is 0.538. The number of ether oxygens (including phenoxy) is 1. The topological polar surface area (TPSA) is 52.4 Å². The van der Waals surface area contributed by atoms with Crippen LogP contribution in [0.2, 0.25) is 0 Å². The molecule has 1 heterocycles. The number of nitro groups is 1. The third-order valence-electron chi connectivity index (χ3n) is 3.04. The number of hydrogen-bond acceptors (Lipinski definition) is 3. The molecule has 0 saturated carbocycles. The molecule has 2 rings (SSSR count). The normalized spacial score (nSPS) is 18.7. The van der Waals surface area contributed by atoms with E-state index >= 15 is 0 Å². The summed E-state index contributed by atoms with van der Waals surface area (Å²) in [5, 5.41) is 11.1. The van der Waals surface area contributed by atoms with Gasteiger partial charge in [-0.2, -0.15) is 0 Å². The summed E-state index contributed by atoms with van der Waals surface area (Å²) in [4.78, 5) is 10.7. The lowest BCUT2D eigenvalue weighted by atomic mass is 9.85. The van der Waals surface area contributed by atoms with Crippen LogP contribution in [0.1, 0.15) is 38.8 Å². The number of nitrogens with zero attached hydrogens (tertiary/aromatic N) is 1. The van der Waals surface area contributed by atoms with Crippen molar-refractivity contribution >= 4 is 5.69 Å². The average Bonchev–Trinajstić information content (AvgIpc) is 2.54. The van der Waals surface area contributed by atoms with Gasteiger partial charge in [-0.3, -0.25) is 10.1 Å². The number of fused-ring (bicyclic) bond motifs is 1. The van der Waals surface area contributed by atoms with Crippen LogP contribution in [0, 0.1) is 10.1 Å². The molecule has 17 heavy (non-hydrogen) atoms. The van der Waals surface area contributed by atoms with E-state index in [1.54, 1.807) is 6.07 Å². The van der Waals surface area contributed by atoms with Crippen LogP contribution in [-0.2, 0) is 11.8 Å². The fourth-order valence-corrected chi connectivity index (χ4v) is 2.08. The largest absolute Gasteiger partial charge is 0.483 e. The number of benzene rings is 1. The summed E-state index contributed by atoms with van der Waals surface area (Å²) in [5.74, 6) is 0.454. The van der Waals surface area contributed by atoms with E-state index in [1.807, 2.05) is 13.0 Å². The SMILES string of the molecule is CC1Cc2cc(C(C)(C)C)cc([N+](=O)[O-])c2O1. The molecule has 0 amide bonds. The first-order chi connectivity index (χ1) is 7.79. The van der Waals surface area contributed by atoms with E-state index in [4.69, 9.17) is 4.74 Å². The van der Waals surface area contributed by atoms with Crippen LogP contribution in [0.3, 0.4) is 0 Å². The van der Waals surface area contributed by atoms with Crippen molar-refractivity contribution in [3.63, 3.8) is 0 Å². The van der Waals surface area contributed by atoms with E-state index in [2.05, 4.69) is 20.8 Å². The first kappa shape index (κ1) is 11.9. The Morgan fingerprint density at radius 1 is 1.41 bits per heavy atom. The molecule has 1 aromatic carbocycles. The van der Waals surface area contributed by atoms with Gasteiger partial charge < -0.3 is 4.74 Å². The maximum Gasteiger partial charge on any atom is 0.311 e. The van der Waals surface area contributed by atoms with E-state index in [0.717, 1.165) is 17.5 Å². The van der Waals surface area contributed by atoms with Crippen LogP contribution in [0.25, 0.3) is 0 Å². The zero-order valence-corrected chi connectivity index (χ0v) is 10.6. The monoisotopic (exact) mass is 235 g/mol. The van der Waals surface area contributed by atoms with Crippen LogP contribution in [0.4, 0.5) is 5.69 Å². The van der Waals surface area contributed by atoms with Gasteiger partial charge in [0.05, 0.1) is 4.92 Å². The van der Waals surface area contributed by atoms with Gasteiger partial charge in [-0.25, -0.2) is 0 Å². The van der Waals surface area contributed by atoms with Gasteiger partial charge in [0.25, 0.3) is 0 Å². The van der Waals surface area contributed by atoms with Crippen molar-refractivity contribution in [1.29, 1.82) is 0 Å². The lowest BCUT2D eigenvalue weighted by Crippen LogP contribution is -2.12. The zero-order valence-electron chi connectivity index (χ0n) is 10.6. The molecule has 0 aromatic heterocycles. The van der Waals surface area contributed by atoms with Crippen molar-refractivity contribution in [2.24, 2.45) is 0 Å². The lowest BCUT2D eigenvalue weighted by molar-refractivity contribution is -0.385. The average molecular weight is 235 g/mol. The molecule has 1 aliphatic heterocycles. The van der Waals surface area contributed by atoms with Gasteiger partial charge in [0.1, 0.15) is 6.10 Å². The molecule has 0 bridgehead atoms. The number of nitro benzene ring substituents is 1. The minimum absolute atomic E-state index is 0.0268. The summed E-state index contributed by atoms with van der Waals surface area (Å²) in [6.07, 6.45) is 0.777. The Morgan fingerprint density at radius 2 is 2.06 bits per heavy atom. The summed E-state index contributed by atoms with van der Waals surface area (Å²) in [6, 6.07) is 3.67. The molecule has 1 aliphatic rings. The molecule has 92 valence electrons. The summed E-state index contributed by atoms with van der Waals surface area (Å²) in [7, 11) is 0. The van der Waals surface area contributed by atoms with Crippen molar-refractivity contribution in [3.8, 4) is 5.75 Å². The molecule has 0 saturated heterocycles. The summed E-state index contributed by atoms with van der Waals surface area (Å²) in [5.41, 5.74) is 1.94. The molecule has 0 N–H and O–H groups in total. The molecule has 4 nitrogen and oxygen atoms in total. The van der Waals surface area contributed by atoms with Crippen LogP contribution in [-0.4, -0.2) is 11.0 Å². The standard InChI is InChI=1S/C13H17NO3/c1-8-5-9-6-10(13(2,3)4)7-11(14(15)16)12(9)17-8/h6-8H,5H2,1-4H3. The van der Waals surface area contributed by atoms with Crippen LogP contribution >= 0.6 is 0 Å². The fourth-order valence-electron chi connectivity index (χ4n) is 2.08. The highest BCUT2D eigenvalue weighted by Gasteiger charge is 2.31. The first-order valence-electron chi connectivity index (χ1n) is 5.77.